The van der Waals surface area contributed by atoms with Crippen LogP contribution in [-0.4, -0.2) is 31.8 Å². The van der Waals surface area contributed by atoms with E-state index in [0.29, 0.717) is 13.0 Å². The average Bonchev–Trinajstić information content (AvgIpc) is 2.18. The molecule has 0 saturated carbocycles. The maximum Gasteiger partial charge on any atom is 0.309 e. The molecular weight excluding hydrogens is 170 g/mol. The number of methoxy groups -OCH3 is 1. The summed E-state index contributed by atoms with van der Waals surface area (Å²) in [5.41, 5.74) is 0.983. The van der Waals surface area contributed by atoms with E-state index in [9.17, 15) is 4.79 Å². The van der Waals surface area contributed by atoms with E-state index in [1.165, 1.54) is 7.11 Å². The van der Waals surface area contributed by atoms with Crippen LogP contribution in [0.25, 0.3) is 0 Å². The fourth-order valence-electron chi connectivity index (χ4n) is 1.08. The van der Waals surface area contributed by atoms with Gasteiger partial charge in [-0.15, -0.1) is 0 Å². The Labute approximate surface area is 77.4 Å². The summed E-state index contributed by atoms with van der Waals surface area (Å²) in [6.45, 7) is 0.613. The summed E-state index contributed by atoms with van der Waals surface area (Å²) in [5.74, 6) is -0.224. The number of ether oxygens (including phenoxy) is 1. The van der Waals surface area contributed by atoms with E-state index in [1.807, 2.05) is 12.2 Å². The first-order valence-corrected chi connectivity index (χ1v) is 4.00. The first-order valence-electron chi connectivity index (χ1n) is 4.00. The first kappa shape index (κ1) is 9.80. The minimum Gasteiger partial charge on any atom is -0.469 e. The second-order valence-electron chi connectivity index (χ2n) is 2.68. The summed E-state index contributed by atoms with van der Waals surface area (Å²) in [4.78, 5) is 15.9. The van der Waals surface area contributed by atoms with E-state index >= 15 is 0 Å². The third-order valence-corrected chi connectivity index (χ3v) is 1.78. The third-order valence-electron chi connectivity index (χ3n) is 1.78. The van der Waals surface area contributed by atoms with Gasteiger partial charge in [0.05, 0.1) is 27.2 Å². The van der Waals surface area contributed by atoms with Gasteiger partial charge >= 0.3 is 5.97 Å². The molecule has 0 fully saturated rings. The van der Waals surface area contributed by atoms with E-state index in [0.717, 1.165) is 5.57 Å². The van der Waals surface area contributed by atoms with Crippen LogP contribution in [0.15, 0.2) is 23.9 Å². The van der Waals surface area contributed by atoms with Gasteiger partial charge < -0.3 is 4.74 Å². The molecule has 13 heavy (non-hydrogen) atoms. The third kappa shape index (κ3) is 2.91. The number of hydrogen-bond donors (Lipinski definition) is 0. The zero-order chi connectivity index (χ0) is 9.68. The molecule has 1 aliphatic rings. The van der Waals surface area contributed by atoms with Gasteiger partial charge in [-0.1, -0.05) is 6.08 Å². The topological polar surface area (TPSA) is 38.8 Å². The van der Waals surface area contributed by atoms with Gasteiger partial charge in [0, 0.05) is 6.20 Å². The Morgan fingerprint density at radius 1 is 1.62 bits per heavy atom. The maximum atomic E-state index is 10.9. The molecule has 0 bridgehead atoms. The Hall–Kier alpha value is -1.29. The highest BCUT2D eigenvalue weighted by atomic mass is 16.7. The molecule has 4 heteroatoms. The van der Waals surface area contributed by atoms with Crippen molar-refractivity contribution in [2.24, 2.45) is 0 Å². The summed E-state index contributed by atoms with van der Waals surface area (Å²) in [6.07, 6.45) is 5.86. The molecule has 0 saturated heterocycles. The Balaban J connectivity index is 2.47. The van der Waals surface area contributed by atoms with Gasteiger partial charge in [0.25, 0.3) is 0 Å². The monoisotopic (exact) mass is 183 g/mol. The van der Waals surface area contributed by atoms with Crippen molar-refractivity contribution in [3.05, 3.63) is 23.9 Å². The van der Waals surface area contributed by atoms with Crippen LogP contribution in [0.5, 0.6) is 0 Å². The van der Waals surface area contributed by atoms with Gasteiger partial charge in [-0.25, -0.2) is 0 Å². The van der Waals surface area contributed by atoms with Crippen LogP contribution in [0.3, 0.4) is 0 Å². The first-order chi connectivity index (χ1) is 6.26. The van der Waals surface area contributed by atoms with Crippen molar-refractivity contribution in [2.75, 3.05) is 20.8 Å². The lowest BCUT2D eigenvalue weighted by Gasteiger charge is -2.21. The van der Waals surface area contributed by atoms with Crippen LogP contribution in [0.2, 0.25) is 0 Å². The van der Waals surface area contributed by atoms with Crippen LogP contribution in [0.4, 0.5) is 0 Å². The standard InChI is InChI=1S/C9H13NO3/c1-12-9(11)6-8-4-3-5-10(7-8)13-2/h3-5H,6-7H2,1-2H3. The molecule has 72 valence electrons. The summed E-state index contributed by atoms with van der Waals surface area (Å²) in [6, 6.07) is 0. The van der Waals surface area contributed by atoms with Gasteiger partial charge in [-0.2, -0.15) is 0 Å². The van der Waals surface area contributed by atoms with E-state index in [1.54, 1.807) is 18.4 Å². The lowest BCUT2D eigenvalue weighted by molar-refractivity contribution is -0.140. The molecule has 4 nitrogen and oxygen atoms in total. The van der Waals surface area contributed by atoms with Crippen molar-refractivity contribution in [3.8, 4) is 0 Å². The molecule has 0 aromatic carbocycles. The molecule has 0 aliphatic carbocycles. The molecule has 0 unspecified atom stereocenters. The Morgan fingerprint density at radius 2 is 2.38 bits per heavy atom. The zero-order valence-electron chi connectivity index (χ0n) is 7.82. The summed E-state index contributed by atoms with van der Waals surface area (Å²) >= 11 is 0. The molecule has 1 heterocycles. The van der Waals surface area contributed by atoms with Crippen molar-refractivity contribution in [2.45, 2.75) is 6.42 Å². The van der Waals surface area contributed by atoms with E-state index in [-0.39, 0.29) is 5.97 Å². The highest BCUT2D eigenvalue weighted by molar-refractivity contribution is 5.72. The van der Waals surface area contributed by atoms with Gasteiger partial charge in [-0.05, 0) is 11.6 Å². The fraction of sp³-hybridized carbons (Fsp3) is 0.444. The smallest absolute Gasteiger partial charge is 0.309 e. The van der Waals surface area contributed by atoms with Gasteiger partial charge in [0.2, 0.25) is 0 Å². The molecule has 0 N–H and O–H groups in total. The highest BCUT2D eigenvalue weighted by Gasteiger charge is 2.10. The largest absolute Gasteiger partial charge is 0.469 e. The number of nitrogens with zero attached hydrogens (tertiary/aromatic N) is 1. The van der Waals surface area contributed by atoms with Crippen LogP contribution < -0.4 is 0 Å². The normalized spacial score (nSPS) is 15.5. The molecule has 0 radical (unpaired) electrons. The SMILES string of the molecule is COC(=O)CC1=CC=CN(OC)C1. The molecule has 1 aliphatic heterocycles. The number of rotatable bonds is 3. The van der Waals surface area contributed by atoms with E-state index in [2.05, 4.69) is 4.74 Å². The lowest BCUT2D eigenvalue weighted by atomic mass is 10.1. The number of esters is 1. The lowest BCUT2D eigenvalue weighted by Crippen LogP contribution is -2.22. The molecule has 0 aromatic rings. The van der Waals surface area contributed by atoms with E-state index in [4.69, 9.17) is 4.84 Å². The average molecular weight is 183 g/mol. The number of carbonyl (C=O) groups excluding carboxylic acids is 1. The van der Waals surface area contributed by atoms with Crippen LogP contribution in [0.1, 0.15) is 6.42 Å². The second-order valence-corrected chi connectivity index (χ2v) is 2.68. The highest BCUT2D eigenvalue weighted by Crippen LogP contribution is 2.11. The molecule has 0 atom stereocenters. The summed E-state index contributed by atoms with van der Waals surface area (Å²) < 4.78 is 4.56. The predicted molar refractivity (Wildman–Crippen MR) is 47.6 cm³/mol. The minimum atomic E-state index is -0.224. The van der Waals surface area contributed by atoms with Gasteiger partial charge in [0.1, 0.15) is 0 Å². The Morgan fingerprint density at radius 3 is 3.00 bits per heavy atom. The fourth-order valence-corrected chi connectivity index (χ4v) is 1.08. The summed E-state index contributed by atoms with van der Waals surface area (Å²) in [7, 11) is 2.97. The van der Waals surface area contributed by atoms with Crippen LogP contribution >= 0.6 is 0 Å². The number of hydroxylamine groups is 2. The van der Waals surface area contributed by atoms with Crippen molar-refractivity contribution >= 4 is 5.97 Å². The molecule has 0 amide bonds. The molecule has 1 rings (SSSR count). The second kappa shape index (κ2) is 4.67. The van der Waals surface area contributed by atoms with Crippen LogP contribution in [-0.2, 0) is 14.4 Å². The van der Waals surface area contributed by atoms with Gasteiger partial charge in [-0.3, -0.25) is 14.7 Å². The maximum absolute atomic E-state index is 10.9. The van der Waals surface area contributed by atoms with Crippen molar-refractivity contribution in [1.29, 1.82) is 0 Å². The van der Waals surface area contributed by atoms with Crippen molar-refractivity contribution in [1.82, 2.24) is 5.06 Å². The van der Waals surface area contributed by atoms with Gasteiger partial charge in [0.15, 0.2) is 0 Å². The Bertz CT molecular complexity index is 245. The molecular formula is C9H13NO3. The number of allylic oxidation sites excluding steroid dienone is 2. The number of hydrogen-bond acceptors (Lipinski definition) is 4. The van der Waals surface area contributed by atoms with Crippen molar-refractivity contribution in [3.63, 3.8) is 0 Å². The van der Waals surface area contributed by atoms with E-state index < -0.39 is 0 Å². The summed E-state index contributed by atoms with van der Waals surface area (Å²) in [5, 5.41) is 1.65. The number of carbonyl (C=O) groups is 1. The minimum absolute atomic E-state index is 0.224. The Kier molecular flexibility index (Phi) is 3.52. The van der Waals surface area contributed by atoms with Crippen LogP contribution in [0, 0.1) is 0 Å². The van der Waals surface area contributed by atoms with Crippen molar-refractivity contribution < 1.29 is 14.4 Å². The molecule has 0 aromatic heterocycles. The predicted octanol–water partition coefficient (Wildman–Crippen LogP) is 0.867. The quantitative estimate of drug-likeness (QED) is 0.608. The molecule has 0 spiro atoms. The zero-order valence-corrected chi connectivity index (χ0v) is 7.82.